The number of carboxylic acid groups (broad SMARTS) is 1. The zero-order valence-corrected chi connectivity index (χ0v) is 23.2. The number of H-pyrrole nitrogens is 1. The molecule has 0 atom stereocenters. The number of aromatic hydroxyl groups is 1. The van der Waals surface area contributed by atoms with Crippen molar-refractivity contribution in [3.05, 3.63) is 93.4 Å². The van der Waals surface area contributed by atoms with Gasteiger partial charge >= 0.3 is 5.97 Å². The lowest BCUT2D eigenvalue weighted by molar-refractivity contribution is 0.0697. The molecule has 0 spiro atoms. The Morgan fingerprint density at radius 3 is 2.10 bits per heavy atom. The minimum absolute atomic E-state index is 0. The molecule has 0 saturated heterocycles. The van der Waals surface area contributed by atoms with E-state index >= 15 is 0 Å². The number of hydrogen-bond acceptors (Lipinski definition) is 9. The number of phenols is 1. The fourth-order valence-corrected chi connectivity index (χ4v) is 3.47. The number of azo groups is 1. The highest BCUT2D eigenvalue weighted by molar-refractivity contribution is 5.90. The third-order valence-electron chi connectivity index (χ3n) is 5.74. The number of carboxylic acids is 1. The number of aliphatic hydroxyl groups is 2. The Morgan fingerprint density at radius 1 is 0.905 bits per heavy atom. The molecule has 9 N–H and O–H groups in total. The molecule has 0 aliphatic heterocycles. The lowest BCUT2D eigenvalue weighted by Gasteiger charge is -2.07. The summed E-state index contributed by atoms with van der Waals surface area (Å²) in [5.74, 6) is -1.22. The van der Waals surface area contributed by atoms with Gasteiger partial charge in [0.1, 0.15) is 5.69 Å². The van der Waals surface area contributed by atoms with E-state index in [1.54, 1.807) is 37.3 Å². The second kappa shape index (κ2) is 17.3. The van der Waals surface area contributed by atoms with Crippen LogP contribution in [0.25, 0.3) is 16.8 Å². The van der Waals surface area contributed by atoms with Gasteiger partial charge in [-0.25, -0.2) is 9.48 Å². The molecule has 0 aliphatic rings. The van der Waals surface area contributed by atoms with Gasteiger partial charge in [0.15, 0.2) is 11.4 Å². The van der Waals surface area contributed by atoms with Crippen LogP contribution in [0.1, 0.15) is 34.6 Å². The highest BCUT2D eigenvalue weighted by Crippen LogP contribution is 2.38. The van der Waals surface area contributed by atoms with Crippen LogP contribution in [0, 0.1) is 20.8 Å². The molecule has 0 unspecified atom stereocenters. The number of rotatable bonds is 7. The number of aromatic amines is 1. The van der Waals surface area contributed by atoms with Crippen molar-refractivity contribution in [3.8, 4) is 22.6 Å². The molecule has 0 fully saturated rings. The van der Waals surface area contributed by atoms with Crippen molar-refractivity contribution in [2.24, 2.45) is 21.7 Å². The number of carbonyl (C=O) groups is 1. The van der Waals surface area contributed by atoms with E-state index in [9.17, 15) is 19.8 Å². The first-order chi connectivity index (χ1) is 19.6. The average Bonchev–Trinajstić information content (AvgIpc) is 3.26. The number of aliphatic hydroxyl groups excluding tert-OH is 2. The highest BCUT2D eigenvalue weighted by Gasteiger charge is 2.14. The summed E-state index contributed by atoms with van der Waals surface area (Å²) in [6, 6.07) is 16.8. The standard InChI is InChI=1S/C25H22N4O4.2C2H7NO.CH4/c1-14-10-11-19(12-15(14)2)29-24(31)22(16(3)28-29)27-26-21-9-5-8-20(23(21)30)17-6-4-7-18(13-17)25(32)33;2*3-1-2-4;/h4-13,28,30H,1-3H3,(H,32,33);2*4H,1-3H2;1H4. The number of aromatic nitrogens is 2. The summed E-state index contributed by atoms with van der Waals surface area (Å²) in [5.41, 5.74) is 13.9. The van der Waals surface area contributed by atoms with E-state index in [2.05, 4.69) is 15.3 Å². The Labute approximate surface area is 244 Å². The fourth-order valence-electron chi connectivity index (χ4n) is 3.47. The number of aromatic carboxylic acids is 1. The second-order valence-corrected chi connectivity index (χ2v) is 8.78. The van der Waals surface area contributed by atoms with E-state index in [0.29, 0.717) is 35.6 Å². The van der Waals surface area contributed by atoms with E-state index in [1.165, 1.54) is 16.8 Å². The van der Waals surface area contributed by atoms with Crippen LogP contribution in [-0.2, 0) is 0 Å². The molecule has 0 bridgehead atoms. The molecule has 0 saturated carbocycles. The number of nitrogens with zero attached hydrogens (tertiary/aromatic N) is 3. The minimum atomic E-state index is -1.06. The van der Waals surface area contributed by atoms with E-state index in [-0.39, 0.29) is 48.9 Å². The van der Waals surface area contributed by atoms with Crippen LogP contribution in [0.2, 0.25) is 0 Å². The van der Waals surface area contributed by atoms with Gasteiger partial charge in [-0.05, 0) is 67.8 Å². The van der Waals surface area contributed by atoms with E-state index in [4.69, 9.17) is 21.7 Å². The summed E-state index contributed by atoms with van der Waals surface area (Å²) >= 11 is 0. The van der Waals surface area contributed by atoms with E-state index < -0.39 is 5.97 Å². The zero-order chi connectivity index (χ0) is 30.5. The maximum absolute atomic E-state index is 12.9. The molecule has 42 heavy (non-hydrogen) atoms. The van der Waals surface area contributed by atoms with Crippen molar-refractivity contribution < 1.29 is 25.2 Å². The summed E-state index contributed by atoms with van der Waals surface area (Å²) in [6.07, 6.45) is 0. The Bertz CT molecular complexity index is 1540. The summed E-state index contributed by atoms with van der Waals surface area (Å²) in [7, 11) is 0. The lowest BCUT2D eigenvalue weighted by atomic mass is 10.0. The molecule has 1 aromatic heterocycles. The van der Waals surface area contributed by atoms with Crippen LogP contribution < -0.4 is 17.0 Å². The van der Waals surface area contributed by atoms with Gasteiger partial charge in [-0.3, -0.25) is 9.89 Å². The normalized spacial score (nSPS) is 10.3. The Balaban J connectivity index is 0.000000873. The largest absolute Gasteiger partial charge is 0.505 e. The number of benzene rings is 3. The van der Waals surface area contributed by atoms with E-state index in [0.717, 1.165) is 11.1 Å². The molecule has 1 heterocycles. The number of aryl methyl sites for hydroxylation is 3. The molecule has 226 valence electrons. The van der Waals surface area contributed by atoms with Gasteiger partial charge in [0.05, 0.1) is 30.2 Å². The fraction of sp³-hybridized carbons (Fsp3) is 0.267. The number of nitrogens with one attached hydrogen (secondary N) is 1. The molecule has 12 heteroatoms. The van der Waals surface area contributed by atoms with Crippen molar-refractivity contribution in [1.82, 2.24) is 9.78 Å². The quantitative estimate of drug-likeness (QED) is 0.158. The molecule has 12 nitrogen and oxygen atoms in total. The zero-order valence-electron chi connectivity index (χ0n) is 23.2. The third-order valence-corrected chi connectivity index (χ3v) is 5.74. The van der Waals surface area contributed by atoms with Gasteiger partial charge in [0, 0.05) is 18.7 Å². The highest BCUT2D eigenvalue weighted by atomic mass is 16.4. The molecule has 3 aromatic carbocycles. The third kappa shape index (κ3) is 9.21. The van der Waals surface area contributed by atoms with Gasteiger partial charge in [0.25, 0.3) is 5.56 Å². The van der Waals surface area contributed by atoms with Crippen molar-refractivity contribution in [2.45, 2.75) is 28.2 Å². The predicted octanol–water partition coefficient (Wildman–Crippen LogP) is 4.09. The summed E-state index contributed by atoms with van der Waals surface area (Å²) < 4.78 is 1.41. The van der Waals surface area contributed by atoms with Gasteiger partial charge in [-0.1, -0.05) is 37.8 Å². The predicted molar refractivity (Wildman–Crippen MR) is 164 cm³/mol. The number of phenolic OH excluding ortho intramolecular Hbond substituents is 1. The van der Waals surface area contributed by atoms with Crippen molar-refractivity contribution >= 4 is 17.3 Å². The maximum atomic E-state index is 12.9. The molecule has 0 amide bonds. The molecule has 0 aliphatic carbocycles. The van der Waals surface area contributed by atoms with Crippen LogP contribution in [0.3, 0.4) is 0 Å². The Kier molecular flexibility index (Phi) is 14.5. The number of para-hydroxylation sites is 1. The van der Waals surface area contributed by atoms with Gasteiger partial charge in [-0.2, -0.15) is 0 Å². The van der Waals surface area contributed by atoms with Crippen molar-refractivity contribution in [2.75, 3.05) is 26.3 Å². The maximum Gasteiger partial charge on any atom is 0.335 e. The first kappa shape index (κ1) is 35.4. The topological polar surface area (TPSA) is 213 Å². The smallest absolute Gasteiger partial charge is 0.335 e. The first-order valence-electron chi connectivity index (χ1n) is 12.7. The molecule has 4 aromatic rings. The second-order valence-electron chi connectivity index (χ2n) is 8.78. The van der Waals surface area contributed by atoms with Crippen LogP contribution in [-0.4, -0.2) is 62.5 Å². The SMILES string of the molecule is C.Cc1ccc(-n2[nH]c(C)c(N=Nc3cccc(-c4cccc(C(=O)O)c4)c3O)c2=O)cc1C.NCCO.NCCO. The molecular formula is C30H40N6O6. The molecular weight excluding hydrogens is 540 g/mol. The molecule has 0 radical (unpaired) electrons. The Hall–Kier alpha value is -4.62. The van der Waals surface area contributed by atoms with Gasteiger partial charge in [0.2, 0.25) is 0 Å². The first-order valence-corrected chi connectivity index (χ1v) is 12.7. The number of hydrogen-bond donors (Lipinski definition) is 7. The van der Waals surface area contributed by atoms with Crippen LogP contribution in [0.4, 0.5) is 11.4 Å². The van der Waals surface area contributed by atoms with E-state index in [1.807, 2.05) is 32.0 Å². The van der Waals surface area contributed by atoms with Crippen molar-refractivity contribution in [1.29, 1.82) is 0 Å². The minimum Gasteiger partial charge on any atom is -0.505 e. The summed E-state index contributed by atoms with van der Waals surface area (Å²) in [4.78, 5) is 24.2. The van der Waals surface area contributed by atoms with Gasteiger partial charge < -0.3 is 31.9 Å². The number of nitrogens with two attached hydrogens (primary N) is 2. The van der Waals surface area contributed by atoms with Crippen LogP contribution in [0.15, 0.2) is 75.7 Å². The summed E-state index contributed by atoms with van der Waals surface area (Å²) in [5, 5.41) is 46.7. The monoisotopic (exact) mass is 580 g/mol. The van der Waals surface area contributed by atoms with Crippen LogP contribution >= 0.6 is 0 Å². The van der Waals surface area contributed by atoms with Gasteiger partial charge in [-0.15, -0.1) is 10.2 Å². The molecule has 4 rings (SSSR count). The summed E-state index contributed by atoms with van der Waals surface area (Å²) in [6.45, 7) is 6.64. The van der Waals surface area contributed by atoms with Crippen LogP contribution in [0.5, 0.6) is 5.75 Å². The van der Waals surface area contributed by atoms with Crippen molar-refractivity contribution in [3.63, 3.8) is 0 Å². The average molecular weight is 581 g/mol. The Morgan fingerprint density at radius 2 is 1.52 bits per heavy atom. The lowest BCUT2D eigenvalue weighted by Crippen LogP contribution is -2.14.